The average molecular weight is 478 g/mol. The Morgan fingerprint density at radius 2 is 2.16 bits per heavy atom. The van der Waals surface area contributed by atoms with E-state index in [1.807, 2.05) is 0 Å². The third-order valence-corrected chi connectivity index (χ3v) is 7.54. The summed E-state index contributed by atoms with van der Waals surface area (Å²) in [4.78, 5) is 32.4. The Hall–Kier alpha value is -2.16. The van der Waals surface area contributed by atoms with Crippen molar-refractivity contribution in [1.29, 1.82) is 0 Å². The Morgan fingerprint density at radius 3 is 2.94 bits per heavy atom. The van der Waals surface area contributed by atoms with E-state index in [9.17, 15) is 14.0 Å². The molecule has 0 saturated carbocycles. The summed E-state index contributed by atoms with van der Waals surface area (Å²) in [6.07, 6.45) is 6.92. The predicted molar refractivity (Wildman–Crippen MR) is 126 cm³/mol. The highest BCUT2D eigenvalue weighted by Gasteiger charge is 2.21. The van der Waals surface area contributed by atoms with Crippen LogP contribution in [0.1, 0.15) is 29.7 Å². The molecule has 2 heterocycles. The molecule has 1 amide bonds. The SMILES string of the molecule is C=CCn1c(SCC(=O)Nc2ccc(Cl)cc2F)nc2sc3c(c2c1=O)CCCCC3. The number of hydrogen-bond donors (Lipinski definition) is 1. The number of carbonyl (C=O) groups excluding carboxylic acids is 1. The number of hydrogen-bond acceptors (Lipinski definition) is 5. The molecule has 1 aromatic carbocycles. The van der Waals surface area contributed by atoms with Crippen molar-refractivity contribution in [1.82, 2.24) is 9.55 Å². The van der Waals surface area contributed by atoms with Gasteiger partial charge in [-0.3, -0.25) is 14.2 Å². The van der Waals surface area contributed by atoms with Crippen molar-refractivity contribution in [3.63, 3.8) is 0 Å². The van der Waals surface area contributed by atoms with Gasteiger partial charge in [-0.25, -0.2) is 9.37 Å². The summed E-state index contributed by atoms with van der Waals surface area (Å²) in [5, 5.41) is 3.95. The molecule has 0 atom stereocenters. The molecule has 31 heavy (non-hydrogen) atoms. The Kier molecular flexibility index (Phi) is 6.79. The van der Waals surface area contributed by atoms with Gasteiger partial charge in [-0.2, -0.15) is 0 Å². The predicted octanol–water partition coefficient (Wildman–Crippen LogP) is 5.44. The number of thioether (sulfide) groups is 1. The molecule has 0 saturated heterocycles. The average Bonchev–Trinajstić information content (AvgIpc) is 2.92. The quantitative estimate of drug-likeness (QED) is 0.222. The van der Waals surface area contributed by atoms with Crippen molar-refractivity contribution in [2.24, 2.45) is 0 Å². The van der Waals surface area contributed by atoms with E-state index >= 15 is 0 Å². The van der Waals surface area contributed by atoms with Crippen LogP contribution in [-0.4, -0.2) is 21.2 Å². The highest BCUT2D eigenvalue weighted by molar-refractivity contribution is 7.99. The first-order chi connectivity index (χ1) is 15.0. The Bertz CT molecular complexity index is 1220. The zero-order valence-corrected chi connectivity index (χ0v) is 19.1. The molecule has 0 spiro atoms. The number of nitrogens with one attached hydrogen (secondary N) is 1. The minimum Gasteiger partial charge on any atom is -0.323 e. The number of amides is 1. The van der Waals surface area contributed by atoms with Gasteiger partial charge in [0.2, 0.25) is 5.91 Å². The lowest BCUT2D eigenvalue weighted by atomic mass is 10.1. The van der Waals surface area contributed by atoms with Gasteiger partial charge in [0.25, 0.3) is 5.56 Å². The second-order valence-electron chi connectivity index (χ2n) is 7.30. The molecule has 0 radical (unpaired) electrons. The van der Waals surface area contributed by atoms with E-state index in [4.69, 9.17) is 16.6 Å². The molecule has 1 aliphatic carbocycles. The van der Waals surface area contributed by atoms with Crippen LogP contribution in [0, 0.1) is 5.82 Å². The van der Waals surface area contributed by atoms with Crippen LogP contribution >= 0.6 is 34.7 Å². The van der Waals surface area contributed by atoms with Crippen molar-refractivity contribution in [2.45, 2.75) is 43.8 Å². The van der Waals surface area contributed by atoms with E-state index in [2.05, 4.69) is 11.9 Å². The maximum absolute atomic E-state index is 13.9. The Labute approximate surface area is 192 Å². The Balaban J connectivity index is 1.60. The van der Waals surface area contributed by atoms with E-state index < -0.39 is 11.7 Å². The number of benzene rings is 1. The molecule has 9 heteroatoms. The fourth-order valence-electron chi connectivity index (χ4n) is 3.70. The number of rotatable bonds is 6. The number of thiophene rings is 1. The molecule has 162 valence electrons. The molecular weight excluding hydrogens is 457 g/mol. The summed E-state index contributed by atoms with van der Waals surface area (Å²) in [5.41, 5.74) is 1.11. The number of aryl methyl sites for hydroxylation is 2. The van der Waals surface area contributed by atoms with E-state index in [0.29, 0.717) is 17.1 Å². The zero-order valence-electron chi connectivity index (χ0n) is 16.7. The molecule has 0 bridgehead atoms. The van der Waals surface area contributed by atoms with Crippen molar-refractivity contribution >= 4 is 56.5 Å². The molecule has 1 aliphatic rings. The van der Waals surface area contributed by atoms with E-state index in [1.165, 1.54) is 23.4 Å². The number of nitrogens with zero attached hydrogens (tertiary/aromatic N) is 2. The third kappa shape index (κ3) is 4.71. The van der Waals surface area contributed by atoms with Crippen LogP contribution in [0.2, 0.25) is 5.02 Å². The molecular formula is C22H21ClFN3O2S2. The first-order valence-electron chi connectivity index (χ1n) is 10.0. The van der Waals surface area contributed by atoms with Gasteiger partial charge in [-0.1, -0.05) is 35.9 Å². The summed E-state index contributed by atoms with van der Waals surface area (Å²) in [6.45, 7) is 4.06. The summed E-state index contributed by atoms with van der Waals surface area (Å²) in [7, 11) is 0. The van der Waals surface area contributed by atoms with Crippen molar-refractivity contribution in [2.75, 3.05) is 11.1 Å². The van der Waals surface area contributed by atoms with Gasteiger partial charge in [-0.15, -0.1) is 17.9 Å². The number of aromatic nitrogens is 2. The highest BCUT2D eigenvalue weighted by Crippen LogP contribution is 2.34. The molecule has 5 nitrogen and oxygen atoms in total. The normalized spacial score (nSPS) is 13.6. The first kappa shape index (κ1) is 22.0. The summed E-state index contributed by atoms with van der Waals surface area (Å²) in [6, 6.07) is 4.06. The van der Waals surface area contributed by atoms with Crippen LogP contribution in [0.5, 0.6) is 0 Å². The lowest BCUT2D eigenvalue weighted by Gasteiger charge is -2.11. The summed E-state index contributed by atoms with van der Waals surface area (Å²) >= 11 is 8.48. The van der Waals surface area contributed by atoms with Crippen molar-refractivity contribution < 1.29 is 9.18 Å². The zero-order chi connectivity index (χ0) is 22.0. The molecule has 0 fully saturated rings. The molecule has 4 rings (SSSR count). The number of fused-ring (bicyclic) bond motifs is 3. The van der Waals surface area contributed by atoms with Gasteiger partial charge >= 0.3 is 0 Å². The van der Waals surface area contributed by atoms with E-state index in [0.717, 1.165) is 53.9 Å². The Morgan fingerprint density at radius 1 is 1.35 bits per heavy atom. The first-order valence-corrected chi connectivity index (χ1v) is 12.2. The molecule has 0 unspecified atom stereocenters. The van der Waals surface area contributed by atoms with Crippen LogP contribution in [0.15, 0.2) is 40.8 Å². The maximum Gasteiger partial charge on any atom is 0.263 e. The van der Waals surface area contributed by atoms with Crippen LogP contribution in [0.25, 0.3) is 10.2 Å². The van der Waals surface area contributed by atoms with Gasteiger partial charge in [0.1, 0.15) is 10.6 Å². The lowest BCUT2D eigenvalue weighted by Crippen LogP contribution is -2.24. The second kappa shape index (κ2) is 9.54. The van der Waals surface area contributed by atoms with Crippen LogP contribution in [-0.2, 0) is 24.2 Å². The van der Waals surface area contributed by atoms with Crippen molar-refractivity contribution in [3.05, 3.63) is 62.5 Å². The largest absolute Gasteiger partial charge is 0.323 e. The fraction of sp³-hybridized carbons (Fsp3) is 0.318. The number of anilines is 1. The second-order valence-corrected chi connectivity index (χ2v) is 9.77. The van der Waals surface area contributed by atoms with Crippen LogP contribution in [0.4, 0.5) is 10.1 Å². The lowest BCUT2D eigenvalue weighted by molar-refractivity contribution is -0.113. The highest BCUT2D eigenvalue weighted by atomic mass is 35.5. The summed E-state index contributed by atoms with van der Waals surface area (Å²) < 4.78 is 15.5. The minimum atomic E-state index is -0.603. The number of allylic oxidation sites excluding steroid dienone is 1. The third-order valence-electron chi connectivity index (χ3n) is 5.14. The van der Waals surface area contributed by atoms with E-state index in [1.54, 1.807) is 22.0 Å². The smallest absolute Gasteiger partial charge is 0.263 e. The van der Waals surface area contributed by atoms with Gasteiger partial charge in [-0.05, 0) is 49.4 Å². The monoisotopic (exact) mass is 477 g/mol. The van der Waals surface area contributed by atoms with E-state index in [-0.39, 0.29) is 22.0 Å². The molecule has 3 aromatic rings. The van der Waals surface area contributed by atoms with Gasteiger partial charge in [0.15, 0.2) is 5.16 Å². The number of halogens is 2. The standard InChI is InChI=1S/C22H21ClFN3O2S2/c1-2-10-27-21(29)19-14-6-4-3-5-7-17(14)31-20(19)26-22(27)30-12-18(28)25-16-9-8-13(23)11-15(16)24/h2,8-9,11H,1,3-7,10,12H2,(H,25,28). The fourth-order valence-corrected chi connectivity index (χ4v) is 5.97. The molecule has 2 aromatic heterocycles. The van der Waals surface area contributed by atoms with Gasteiger partial charge in [0.05, 0.1) is 16.8 Å². The van der Waals surface area contributed by atoms with Crippen LogP contribution in [0.3, 0.4) is 0 Å². The molecule has 1 N–H and O–H groups in total. The number of carbonyl (C=O) groups is 1. The van der Waals surface area contributed by atoms with Gasteiger partial charge in [0, 0.05) is 16.4 Å². The van der Waals surface area contributed by atoms with Gasteiger partial charge < -0.3 is 5.32 Å². The summed E-state index contributed by atoms with van der Waals surface area (Å²) in [5.74, 6) is -1.01. The topological polar surface area (TPSA) is 64.0 Å². The minimum absolute atomic E-state index is 0.0117. The molecule has 0 aliphatic heterocycles. The van der Waals surface area contributed by atoms with Crippen molar-refractivity contribution in [3.8, 4) is 0 Å². The van der Waals surface area contributed by atoms with Crippen LogP contribution < -0.4 is 10.9 Å². The maximum atomic E-state index is 13.9.